The van der Waals surface area contributed by atoms with Crippen LogP contribution in [0.2, 0.25) is 0 Å². The van der Waals surface area contributed by atoms with E-state index in [4.69, 9.17) is 19.7 Å². The minimum atomic E-state index is -0.0144. The number of nitrogens with zero attached hydrogens (tertiary/aromatic N) is 2. The highest BCUT2D eigenvalue weighted by Crippen LogP contribution is 2.23. The van der Waals surface area contributed by atoms with Crippen molar-refractivity contribution in [2.45, 2.75) is 0 Å². The fraction of sp³-hybridized carbons (Fsp3) is 0.250. The molecule has 0 unspecified atom stereocenters. The molecule has 0 radical (unpaired) electrons. The van der Waals surface area contributed by atoms with E-state index in [9.17, 15) is 0 Å². The third-order valence-electron chi connectivity index (χ3n) is 2.67. The normalized spacial score (nSPS) is 10.8. The van der Waals surface area contributed by atoms with Crippen molar-refractivity contribution < 1.29 is 19.7 Å². The quantitative estimate of drug-likeness (QED) is 0.734. The summed E-state index contributed by atoms with van der Waals surface area (Å²) in [5, 5.41) is 25.6. The Hall–Kier alpha value is -2.44. The molecule has 2 N–H and O–H groups in total. The Labute approximate surface area is 128 Å². The van der Waals surface area contributed by atoms with Gasteiger partial charge < -0.3 is 19.7 Å². The summed E-state index contributed by atoms with van der Waals surface area (Å²) < 4.78 is 10.5. The number of hydrogen-bond acceptors (Lipinski definition) is 6. The Kier molecular flexibility index (Phi) is 6.35. The SMILES string of the molecule is OCCOc1ccc(N=Nc2ccc(OCCO)cc2)cc1. The van der Waals surface area contributed by atoms with Crippen LogP contribution in [0.1, 0.15) is 0 Å². The van der Waals surface area contributed by atoms with Crippen LogP contribution in [-0.2, 0) is 0 Å². The molecule has 0 saturated heterocycles. The second-order valence-electron chi connectivity index (χ2n) is 4.33. The van der Waals surface area contributed by atoms with Crippen LogP contribution in [0.3, 0.4) is 0 Å². The lowest BCUT2D eigenvalue weighted by molar-refractivity contribution is 0.201. The van der Waals surface area contributed by atoms with Gasteiger partial charge in [0.25, 0.3) is 0 Å². The number of aliphatic hydroxyl groups excluding tert-OH is 2. The van der Waals surface area contributed by atoms with Crippen molar-refractivity contribution in [3.8, 4) is 11.5 Å². The fourth-order valence-corrected chi connectivity index (χ4v) is 1.66. The Balaban J connectivity index is 1.93. The average molecular weight is 302 g/mol. The Morgan fingerprint density at radius 3 is 1.32 bits per heavy atom. The van der Waals surface area contributed by atoms with E-state index in [2.05, 4.69) is 10.2 Å². The summed E-state index contributed by atoms with van der Waals surface area (Å²) in [7, 11) is 0. The second-order valence-corrected chi connectivity index (χ2v) is 4.33. The molecular formula is C16H18N2O4. The number of rotatable bonds is 8. The van der Waals surface area contributed by atoms with Crippen LogP contribution in [0.15, 0.2) is 58.8 Å². The molecule has 0 spiro atoms. The summed E-state index contributed by atoms with van der Waals surface area (Å²) in [5.41, 5.74) is 1.41. The number of azo groups is 1. The van der Waals surface area contributed by atoms with Gasteiger partial charge in [0.1, 0.15) is 24.7 Å². The third-order valence-corrected chi connectivity index (χ3v) is 2.67. The van der Waals surface area contributed by atoms with Gasteiger partial charge in [-0.1, -0.05) is 0 Å². The topological polar surface area (TPSA) is 83.6 Å². The van der Waals surface area contributed by atoms with E-state index in [1.165, 1.54) is 0 Å². The summed E-state index contributed by atoms with van der Waals surface area (Å²) in [4.78, 5) is 0. The molecule has 0 amide bonds. The highest BCUT2D eigenvalue weighted by molar-refractivity contribution is 5.44. The minimum Gasteiger partial charge on any atom is -0.491 e. The van der Waals surface area contributed by atoms with Gasteiger partial charge in [0, 0.05) is 0 Å². The molecule has 0 bridgehead atoms. The van der Waals surface area contributed by atoms with Crippen molar-refractivity contribution in [1.82, 2.24) is 0 Å². The first kappa shape index (κ1) is 15.9. The van der Waals surface area contributed by atoms with Gasteiger partial charge >= 0.3 is 0 Å². The lowest BCUT2D eigenvalue weighted by Crippen LogP contribution is -2.00. The lowest BCUT2D eigenvalue weighted by atomic mass is 10.3. The highest BCUT2D eigenvalue weighted by atomic mass is 16.5. The van der Waals surface area contributed by atoms with E-state index in [-0.39, 0.29) is 26.4 Å². The third kappa shape index (κ3) is 5.16. The van der Waals surface area contributed by atoms with Crippen LogP contribution in [-0.4, -0.2) is 36.6 Å². The van der Waals surface area contributed by atoms with E-state index >= 15 is 0 Å². The molecule has 22 heavy (non-hydrogen) atoms. The van der Waals surface area contributed by atoms with E-state index < -0.39 is 0 Å². The second kappa shape index (κ2) is 8.76. The van der Waals surface area contributed by atoms with Crippen LogP contribution in [0.25, 0.3) is 0 Å². The largest absolute Gasteiger partial charge is 0.491 e. The standard InChI is InChI=1S/C16H18N2O4/c19-9-11-21-15-5-1-13(2-6-15)17-18-14-3-7-16(8-4-14)22-12-10-20/h1-8,19-20H,9-12H2. The van der Waals surface area contributed by atoms with Gasteiger partial charge in [-0.15, -0.1) is 0 Å². The molecule has 0 saturated carbocycles. The molecule has 0 aliphatic heterocycles. The van der Waals surface area contributed by atoms with Gasteiger partial charge in [0.15, 0.2) is 0 Å². The molecule has 0 aliphatic carbocycles. The monoisotopic (exact) mass is 302 g/mol. The molecule has 2 aromatic carbocycles. The molecule has 6 nitrogen and oxygen atoms in total. The summed E-state index contributed by atoms with van der Waals surface area (Å²) >= 11 is 0. The summed E-state index contributed by atoms with van der Waals surface area (Å²) in [6.45, 7) is 0.510. The van der Waals surface area contributed by atoms with E-state index in [1.807, 2.05) is 0 Å². The van der Waals surface area contributed by atoms with Gasteiger partial charge in [-0.3, -0.25) is 0 Å². The van der Waals surface area contributed by atoms with Crippen LogP contribution in [0.4, 0.5) is 11.4 Å². The van der Waals surface area contributed by atoms with Gasteiger partial charge in [0.2, 0.25) is 0 Å². The smallest absolute Gasteiger partial charge is 0.119 e. The molecule has 6 heteroatoms. The molecule has 0 aromatic heterocycles. The van der Waals surface area contributed by atoms with Crippen molar-refractivity contribution in [2.75, 3.05) is 26.4 Å². The average Bonchev–Trinajstić information content (AvgIpc) is 2.58. The predicted octanol–water partition coefficient (Wildman–Crippen LogP) is 2.84. The molecule has 0 heterocycles. The van der Waals surface area contributed by atoms with Crippen LogP contribution >= 0.6 is 0 Å². The maximum atomic E-state index is 8.68. The molecule has 2 aromatic rings. The molecule has 116 valence electrons. The Bertz CT molecular complexity index is 529. The van der Waals surface area contributed by atoms with E-state index in [1.54, 1.807) is 48.5 Å². The molecule has 0 atom stereocenters. The Morgan fingerprint density at radius 2 is 1.00 bits per heavy atom. The Morgan fingerprint density at radius 1 is 0.636 bits per heavy atom. The van der Waals surface area contributed by atoms with E-state index in [0.717, 1.165) is 0 Å². The predicted molar refractivity (Wildman–Crippen MR) is 82.2 cm³/mol. The van der Waals surface area contributed by atoms with Crippen molar-refractivity contribution in [1.29, 1.82) is 0 Å². The first-order chi connectivity index (χ1) is 10.8. The highest BCUT2D eigenvalue weighted by Gasteiger charge is 1.96. The molecular weight excluding hydrogens is 284 g/mol. The summed E-state index contributed by atoms with van der Waals surface area (Å²) in [5.74, 6) is 1.36. The number of ether oxygens (including phenoxy) is 2. The molecule has 2 rings (SSSR count). The first-order valence-corrected chi connectivity index (χ1v) is 6.91. The zero-order chi connectivity index (χ0) is 15.6. The van der Waals surface area contributed by atoms with Crippen molar-refractivity contribution >= 4 is 11.4 Å². The zero-order valence-corrected chi connectivity index (χ0v) is 12.1. The maximum Gasteiger partial charge on any atom is 0.119 e. The van der Waals surface area contributed by atoms with Crippen molar-refractivity contribution in [3.05, 3.63) is 48.5 Å². The van der Waals surface area contributed by atoms with Crippen LogP contribution in [0.5, 0.6) is 11.5 Å². The maximum absolute atomic E-state index is 8.68. The van der Waals surface area contributed by atoms with Gasteiger partial charge in [-0.25, -0.2) is 0 Å². The fourth-order valence-electron chi connectivity index (χ4n) is 1.66. The molecule has 0 fully saturated rings. The van der Waals surface area contributed by atoms with Crippen molar-refractivity contribution in [3.63, 3.8) is 0 Å². The minimum absolute atomic E-state index is 0.0144. The van der Waals surface area contributed by atoms with E-state index in [0.29, 0.717) is 22.9 Å². The van der Waals surface area contributed by atoms with Gasteiger partial charge in [-0.05, 0) is 48.5 Å². The number of hydrogen-bond donors (Lipinski definition) is 2. The summed E-state index contributed by atoms with van der Waals surface area (Å²) in [6.07, 6.45) is 0. The summed E-state index contributed by atoms with van der Waals surface area (Å²) in [6, 6.07) is 14.2. The van der Waals surface area contributed by atoms with Crippen molar-refractivity contribution in [2.24, 2.45) is 10.2 Å². The number of benzene rings is 2. The lowest BCUT2D eigenvalue weighted by Gasteiger charge is -2.04. The first-order valence-electron chi connectivity index (χ1n) is 6.91. The molecule has 0 aliphatic rings. The van der Waals surface area contributed by atoms with Gasteiger partial charge in [0.05, 0.1) is 24.6 Å². The zero-order valence-electron chi connectivity index (χ0n) is 12.1. The van der Waals surface area contributed by atoms with Gasteiger partial charge in [-0.2, -0.15) is 10.2 Å². The van der Waals surface area contributed by atoms with Crippen LogP contribution in [0, 0.1) is 0 Å². The van der Waals surface area contributed by atoms with Crippen LogP contribution < -0.4 is 9.47 Å². The number of aliphatic hydroxyl groups is 2.